The van der Waals surface area contributed by atoms with E-state index in [4.69, 9.17) is 4.42 Å². The van der Waals surface area contributed by atoms with Crippen LogP contribution >= 0.6 is 11.3 Å². The average molecular weight is 410 g/mol. The van der Waals surface area contributed by atoms with E-state index in [1.165, 1.54) is 11.3 Å². The number of carbonyl (C=O) groups excluding carboxylic acids is 2. The van der Waals surface area contributed by atoms with E-state index >= 15 is 0 Å². The lowest BCUT2D eigenvalue weighted by molar-refractivity contribution is 0.0733. The van der Waals surface area contributed by atoms with Crippen molar-refractivity contribution in [3.63, 3.8) is 0 Å². The second-order valence-corrected chi connectivity index (χ2v) is 9.00. The van der Waals surface area contributed by atoms with Crippen molar-refractivity contribution in [3.8, 4) is 0 Å². The topological polar surface area (TPSA) is 88.3 Å². The fourth-order valence-electron chi connectivity index (χ4n) is 4.55. The molecule has 7 nitrogen and oxygen atoms in total. The summed E-state index contributed by atoms with van der Waals surface area (Å²) in [6.45, 7) is 5.76. The lowest BCUT2D eigenvalue weighted by Gasteiger charge is -2.18. The lowest BCUT2D eigenvalue weighted by atomic mass is 10.2. The van der Waals surface area contributed by atoms with E-state index in [2.05, 4.69) is 15.3 Å². The molecule has 0 spiro atoms. The summed E-state index contributed by atoms with van der Waals surface area (Å²) in [6.07, 6.45) is 4.48. The zero-order chi connectivity index (χ0) is 20.1. The third-order valence-corrected chi connectivity index (χ3v) is 7.15. The van der Waals surface area contributed by atoms with Gasteiger partial charge < -0.3 is 14.6 Å². The first-order valence-electron chi connectivity index (χ1n) is 9.86. The van der Waals surface area contributed by atoms with Gasteiger partial charge in [0.2, 0.25) is 5.76 Å². The number of carbonyl (C=O) groups is 2. The minimum Gasteiger partial charge on any atom is -0.436 e. The summed E-state index contributed by atoms with van der Waals surface area (Å²) < 4.78 is 6.49. The zero-order valence-corrected chi connectivity index (χ0v) is 17.2. The van der Waals surface area contributed by atoms with Gasteiger partial charge in [-0.25, -0.2) is 4.98 Å². The molecular formula is C21H22N4O3S. The molecule has 0 aromatic carbocycles. The van der Waals surface area contributed by atoms with E-state index in [0.717, 1.165) is 34.5 Å². The molecule has 3 atom stereocenters. The Morgan fingerprint density at radius 3 is 2.79 bits per heavy atom. The molecule has 8 heteroatoms. The van der Waals surface area contributed by atoms with Gasteiger partial charge in [0.15, 0.2) is 5.89 Å². The van der Waals surface area contributed by atoms with Crippen molar-refractivity contribution in [3.05, 3.63) is 46.7 Å². The number of likely N-dealkylation sites (tertiary alicyclic amines) is 1. The lowest BCUT2D eigenvalue weighted by Crippen LogP contribution is -2.32. The van der Waals surface area contributed by atoms with Gasteiger partial charge in [0.1, 0.15) is 0 Å². The number of aromatic nitrogens is 2. The second-order valence-electron chi connectivity index (χ2n) is 7.92. The summed E-state index contributed by atoms with van der Waals surface area (Å²) in [5, 5.41) is 4.09. The first-order valence-corrected chi connectivity index (χ1v) is 10.7. The van der Waals surface area contributed by atoms with Crippen LogP contribution in [0.25, 0.3) is 10.1 Å². The van der Waals surface area contributed by atoms with Crippen LogP contribution in [0, 0.1) is 31.6 Å². The predicted molar refractivity (Wildman–Crippen MR) is 109 cm³/mol. The maximum atomic E-state index is 12.6. The fourth-order valence-corrected chi connectivity index (χ4v) is 5.50. The van der Waals surface area contributed by atoms with Gasteiger partial charge in [-0.2, -0.15) is 0 Å². The van der Waals surface area contributed by atoms with Crippen LogP contribution in [0.4, 0.5) is 0 Å². The number of fused-ring (bicyclic) bond motifs is 2. The number of rotatable bonds is 5. The Hall–Kier alpha value is -2.74. The molecule has 0 radical (unpaired) electrons. The Kier molecular flexibility index (Phi) is 4.38. The molecule has 0 bridgehead atoms. The van der Waals surface area contributed by atoms with E-state index in [-0.39, 0.29) is 11.8 Å². The number of nitrogens with one attached hydrogen (secondary N) is 1. The summed E-state index contributed by atoms with van der Waals surface area (Å²) >= 11 is 1.47. The minimum atomic E-state index is -0.0541. The number of pyridine rings is 1. The van der Waals surface area contributed by atoms with Crippen LogP contribution in [0.5, 0.6) is 0 Å². The number of nitrogens with zero attached hydrogens (tertiary/aromatic N) is 3. The Morgan fingerprint density at radius 1 is 1.31 bits per heavy atom. The highest BCUT2D eigenvalue weighted by molar-refractivity contribution is 7.20. The van der Waals surface area contributed by atoms with E-state index in [0.29, 0.717) is 41.6 Å². The summed E-state index contributed by atoms with van der Waals surface area (Å²) in [5.74, 6) is 2.48. The molecule has 150 valence electrons. The molecule has 4 heterocycles. The first kappa shape index (κ1) is 18.3. The highest BCUT2D eigenvalue weighted by atomic mass is 32.1. The molecule has 2 aliphatic rings. The largest absolute Gasteiger partial charge is 0.436 e. The van der Waals surface area contributed by atoms with E-state index in [9.17, 15) is 9.59 Å². The van der Waals surface area contributed by atoms with Crippen molar-refractivity contribution < 1.29 is 14.0 Å². The summed E-state index contributed by atoms with van der Waals surface area (Å²) in [4.78, 5) is 35.9. The van der Waals surface area contributed by atoms with Gasteiger partial charge in [-0.3, -0.25) is 14.6 Å². The van der Waals surface area contributed by atoms with E-state index in [1.54, 1.807) is 26.2 Å². The van der Waals surface area contributed by atoms with Gasteiger partial charge >= 0.3 is 0 Å². The molecule has 29 heavy (non-hydrogen) atoms. The Balaban J connectivity index is 1.10. The van der Waals surface area contributed by atoms with E-state index in [1.807, 2.05) is 17.0 Å². The number of amides is 2. The molecule has 1 aliphatic carbocycles. The van der Waals surface area contributed by atoms with Crippen LogP contribution in [0.2, 0.25) is 0 Å². The van der Waals surface area contributed by atoms with Gasteiger partial charge in [0.25, 0.3) is 11.8 Å². The molecule has 1 saturated carbocycles. The first-order chi connectivity index (χ1) is 14.0. The summed E-state index contributed by atoms with van der Waals surface area (Å²) in [7, 11) is 0. The molecule has 3 aromatic heterocycles. The number of thiophene rings is 1. The van der Waals surface area contributed by atoms with Crippen LogP contribution in [0.3, 0.4) is 0 Å². The smallest absolute Gasteiger partial charge is 0.291 e. The molecule has 3 aromatic rings. The maximum Gasteiger partial charge on any atom is 0.291 e. The molecule has 1 N–H and O–H groups in total. The molecule has 1 saturated heterocycles. The van der Waals surface area contributed by atoms with Crippen molar-refractivity contribution in [2.75, 3.05) is 19.6 Å². The molecular weight excluding hydrogens is 388 g/mol. The van der Waals surface area contributed by atoms with E-state index < -0.39 is 0 Å². The monoisotopic (exact) mass is 410 g/mol. The van der Waals surface area contributed by atoms with Crippen LogP contribution < -0.4 is 5.32 Å². The van der Waals surface area contributed by atoms with Crippen LogP contribution in [0.1, 0.15) is 38.2 Å². The highest BCUT2D eigenvalue weighted by Crippen LogP contribution is 2.53. The molecule has 1 aliphatic heterocycles. The maximum absolute atomic E-state index is 12.6. The quantitative estimate of drug-likeness (QED) is 0.698. The highest BCUT2D eigenvalue weighted by Gasteiger charge is 2.56. The van der Waals surface area contributed by atoms with Crippen molar-refractivity contribution in [1.82, 2.24) is 20.2 Å². The minimum absolute atomic E-state index is 0.0232. The van der Waals surface area contributed by atoms with Gasteiger partial charge in [-0.05, 0) is 48.6 Å². The third kappa shape index (κ3) is 3.31. The van der Waals surface area contributed by atoms with Crippen molar-refractivity contribution in [2.45, 2.75) is 20.3 Å². The number of piperidine rings is 1. The average Bonchev–Trinajstić information content (AvgIpc) is 3.11. The van der Waals surface area contributed by atoms with Gasteiger partial charge in [-0.1, -0.05) is 0 Å². The van der Waals surface area contributed by atoms with Gasteiger partial charge in [0, 0.05) is 39.0 Å². The van der Waals surface area contributed by atoms with Crippen molar-refractivity contribution in [1.29, 1.82) is 0 Å². The van der Waals surface area contributed by atoms with Crippen molar-refractivity contribution in [2.24, 2.45) is 17.8 Å². The Labute approximate surface area is 172 Å². The molecule has 0 unspecified atom stereocenters. The van der Waals surface area contributed by atoms with Crippen LogP contribution in [0.15, 0.2) is 28.9 Å². The predicted octanol–water partition coefficient (Wildman–Crippen LogP) is 3.04. The molecule has 2 fully saturated rings. The van der Waals surface area contributed by atoms with Gasteiger partial charge in [-0.15, -0.1) is 11.3 Å². The van der Waals surface area contributed by atoms with Gasteiger partial charge in [0.05, 0.1) is 15.3 Å². The summed E-state index contributed by atoms with van der Waals surface area (Å²) in [5.41, 5.74) is 0.657. The number of hydrogen-bond acceptors (Lipinski definition) is 6. The molecule has 2 amide bonds. The SMILES string of the molecule is Cc1nc(C)c(C(=O)N2C[C@@H]3[C@@H](CCNC(=O)c4cc5ccncc5s4)[C@@H]3C2)o1. The van der Waals surface area contributed by atoms with Crippen molar-refractivity contribution >= 4 is 33.2 Å². The Bertz CT molecular complexity index is 1060. The van der Waals surface area contributed by atoms with Crippen LogP contribution in [-0.4, -0.2) is 46.3 Å². The zero-order valence-electron chi connectivity index (χ0n) is 16.3. The molecule has 5 rings (SSSR count). The Morgan fingerprint density at radius 2 is 2.10 bits per heavy atom. The van der Waals surface area contributed by atoms with Crippen LogP contribution in [-0.2, 0) is 0 Å². The fraction of sp³-hybridized carbons (Fsp3) is 0.429. The third-order valence-electron chi connectivity index (χ3n) is 6.07. The normalized spacial score (nSPS) is 22.7. The number of hydrogen-bond donors (Lipinski definition) is 1. The number of aryl methyl sites for hydroxylation is 2. The second kappa shape index (κ2) is 6.95. The number of oxazole rings is 1. The standard InChI is InChI=1S/C21H22N4O3S/c1-11-19(28-12(2)24-11)21(27)25-9-15-14(16(15)10-25)4-6-23-20(26)17-7-13-3-5-22-8-18(13)29-17/h3,5,7-8,14-16H,4,6,9-10H2,1-2H3,(H,23,26)/t14-,15-,16+. The summed E-state index contributed by atoms with van der Waals surface area (Å²) in [6, 6.07) is 3.84.